The first-order valence-electron chi connectivity index (χ1n) is 6.34. The van der Waals surface area contributed by atoms with E-state index in [9.17, 15) is 10.1 Å². The van der Waals surface area contributed by atoms with Gasteiger partial charge in [-0.05, 0) is 19.0 Å². The number of rotatable bonds is 2. The molecule has 7 nitrogen and oxygen atoms in total. The van der Waals surface area contributed by atoms with E-state index < -0.39 is 4.92 Å². The van der Waals surface area contributed by atoms with Gasteiger partial charge in [0.05, 0.1) is 16.0 Å². The number of aromatic amines is 1. The van der Waals surface area contributed by atoms with Gasteiger partial charge in [0, 0.05) is 31.8 Å². The Kier molecular flexibility index (Phi) is 4.41. The summed E-state index contributed by atoms with van der Waals surface area (Å²) in [4.78, 5) is 20.2. The number of nitro benzene ring substituents is 1. The van der Waals surface area contributed by atoms with Gasteiger partial charge in [0.1, 0.15) is 0 Å². The summed E-state index contributed by atoms with van der Waals surface area (Å²) < 4.78 is 0. The lowest BCUT2D eigenvalue weighted by atomic mass is 10.3. The van der Waals surface area contributed by atoms with Crippen molar-refractivity contribution in [1.82, 2.24) is 15.3 Å². The van der Waals surface area contributed by atoms with Gasteiger partial charge in [0.15, 0.2) is 0 Å². The predicted octanol–water partition coefficient (Wildman–Crippen LogP) is 1.69. The number of imidazole rings is 1. The summed E-state index contributed by atoms with van der Waals surface area (Å²) in [5.74, 6) is 0.791. The van der Waals surface area contributed by atoms with E-state index in [1.807, 2.05) is 0 Å². The topological polar surface area (TPSA) is 87.1 Å². The van der Waals surface area contributed by atoms with Crippen LogP contribution in [0.15, 0.2) is 18.2 Å². The van der Waals surface area contributed by atoms with Crippen molar-refractivity contribution in [3.8, 4) is 0 Å². The Morgan fingerprint density at radius 2 is 2.15 bits per heavy atom. The Hall–Kier alpha value is -1.86. The molecule has 2 heterocycles. The molecule has 3 rings (SSSR count). The minimum atomic E-state index is -0.393. The SMILES string of the molecule is Cl.O=[N+]([O-])c1ccc2nc(N3CCCNCC3)[nH]c2c1. The summed E-state index contributed by atoms with van der Waals surface area (Å²) >= 11 is 0. The molecule has 0 bridgehead atoms. The molecule has 0 amide bonds. The second kappa shape index (κ2) is 6.06. The molecule has 1 aliphatic heterocycles. The highest BCUT2D eigenvalue weighted by atomic mass is 35.5. The minimum Gasteiger partial charge on any atom is -0.341 e. The van der Waals surface area contributed by atoms with Gasteiger partial charge in [0.2, 0.25) is 5.95 Å². The van der Waals surface area contributed by atoms with Crippen LogP contribution in [0, 0.1) is 10.1 Å². The molecule has 0 aliphatic carbocycles. The highest BCUT2D eigenvalue weighted by molar-refractivity contribution is 5.85. The third kappa shape index (κ3) is 2.83. The van der Waals surface area contributed by atoms with E-state index in [1.54, 1.807) is 6.07 Å². The Morgan fingerprint density at radius 3 is 2.95 bits per heavy atom. The van der Waals surface area contributed by atoms with Gasteiger partial charge < -0.3 is 15.2 Å². The van der Waals surface area contributed by atoms with E-state index in [-0.39, 0.29) is 18.1 Å². The van der Waals surface area contributed by atoms with E-state index in [4.69, 9.17) is 0 Å². The zero-order valence-corrected chi connectivity index (χ0v) is 11.7. The molecule has 0 radical (unpaired) electrons. The van der Waals surface area contributed by atoms with E-state index >= 15 is 0 Å². The second-order valence-corrected chi connectivity index (χ2v) is 4.61. The van der Waals surface area contributed by atoms with Crippen molar-refractivity contribution in [2.24, 2.45) is 0 Å². The number of nitrogens with one attached hydrogen (secondary N) is 2. The maximum Gasteiger partial charge on any atom is 0.271 e. The Bertz CT molecular complexity index is 607. The fourth-order valence-corrected chi connectivity index (χ4v) is 2.31. The van der Waals surface area contributed by atoms with E-state index in [0.717, 1.165) is 44.1 Å². The lowest BCUT2D eigenvalue weighted by Gasteiger charge is -2.18. The van der Waals surface area contributed by atoms with Gasteiger partial charge in [0.25, 0.3) is 5.69 Å². The average molecular weight is 298 g/mol. The number of aromatic nitrogens is 2. The van der Waals surface area contributed by atoms with Crippen molar-refractivity contribution >= 4 is 35.1 Å². The van der Waals surface area contributed by atoms with Gasteiger partial charge in [-0.3, -0.25) is 10.1 Å². The lowest BCUT2D eigenvalue weighted by molar-refractivity contribution is -0.384. The molecule has 0 spiro atoms. The number of hydrogen-bond acceptors (Lipinski definition) is 5. The monoisotopic (exact) mass is 297 g/mol. The van der Waals surface area contributed by atoms with Gasteiger partial charge in [-0.15, -0.1) is 12.4 Å². The molecule has 0 atom stereocenters. The van der Waals surface area contributed by atoms with Crippen LogP contribution < -0.4 is 10.2 Å². The van der Waals surface area contributed by atoms with E-state index in [1.165, 1.54) is 12.1 Å². The highest BCUT2D eigenvalue weighted by Crippen LogP contribution is 2.22. The molecule has 1 fully saturated rings. The molecular formula is C12H16ClN5O2. The number of anilines is 1. The van der Waals surface area contributed by atoms with Gasteiger partial charge >= 0.3 is 0 Å². The molecule has 1 aromatic carbocycles. The third-order valence-corrected chi connectivity index (χ3v) is 3.30. The molecule has 2 N–H and O–H groups in total. The molecule has 0 unspecified atom stereocenters. The number of hydrogen-bond donors (Lipinski definition) is 2. The summed E-state index contributed by atoms with van der Waals surface area (Å²) in [5, 5.41) is 14.1. The first-order chi connectivity index (χ1) is 9.24. The van der Waals surface area contributed by atoms with Crippen LogP contribution in [0.4, 0.5) is 11.6 Å². The standard InChI is InChI=1S/C12H15N5O2.ClH/c18-17(19)9-2-3-10-11(8-9)15-12(14-10)16-6-1-4-13-5-7-16;/h2-3,8,13H,1,4-7H2,(H,14,15);1H. The lowest BCUT2D eigenvalue weighted by Crippen LogP contribution is -2.28. The smallest absolute Gasteiger partial charge is 0.271 e. The van der Waals surface area contributed by atoms with Crippen molar-refractivity contribution in [3.63, 3.8) is 0 Å². The third-order valence-electron chi connectivity index (χ3n) is 3.30. The van der Waals surface area contributed by atoms with Crippen molar-refractivity contribution in [2.75, 3.05) is 31.1 Å². The van der Waals surface area contributed by atoms with E-state index in [2.05, 4.69) is 20.2 Å². The second-order valence-electron chi connectivity index (χ2n) is 4.61. The Labute approximate surface area is 121 Å². The fraction of sp³-hybridized carbons (Fsp3) is 0.417. The van der Waals surface area contributed by atoms with Gasteiger partial charge in [-0.1, -0.05) is 0 Å². The summed E-state index contributed by atoms with van der Waals surface area (Å²) in [7, 11) is 0. The van der Waals surface area contributed by atoms with Gasteiger partial charge in [-0.25, -0.2) is 4.98 Å². The molecule has 8 heteroatoms. The van der Waals surface area contributed by atoms with Crippen LogP contribution in [0.5, 0.6) is 0 Å². The van der Waals surface area contributed by atoms with Gasteiger partial charge in [-0.2, -0.15) is 0 Å². The summed E-state index contributed by atoms with van der Waals surface area (Å²) in [6, 6.07) is 4.70. The molecule has 0 saturated carbocycles. The van der Waals surface area contributed by atoms with Crippen molar-refractivity contribution in [3.05, 3.63) is 28.3 Å². The van der Waals surface area contributed by atoms with Crippen molar-refractivity contribution in [1.29, 1.82) is 0 Å². The highest BCUT2D eigenvalue weighted by Gasteiger charge is 2.15. The van der Waals surface area contributed by atoms with Crippen molar-refractivity contribution in [2.45, 2.75) is 6.42 Å². The van der Waals surface area contributed by atoms with Crippen LogP contribution in [0.3, 0.4) is 0 Å². The zero-order chi connectivity index (χ0) is 13.2. The Balaban J connectivity index is 0.00000147. The summed E-state index contributed by atoms with van der Waals surface area (Å²) in [5.41, 5.74) is 1.56. The number of halogens is 1. The number of nitrogens with zero attached hydrogens (tertiary/aromatic N) is 3. The number of H-pyrrole nitrogens is 1. The number of fused-ring (bicyclic) bond motifs is 1. The first-order valence-corrected chi connectivity index (χ1v) is 6.34. The number of non-ortho nitro benzene ring substituents is 1. The maximum absolute atomic E-state index is 10.8. The summed E-state index contributed by atoms with van der Waals surface area (Å²) in [6.45, 7) is 3.77. The maximum atomic E-state index is 10.8. The molecule has 1 aromatic heterocycles. The largest absolute Gasteiger partial charge is 0.341 e. The summed E-state index contributed by atoms with van der Waals surface area (Å²) in [6.07, 6.45) is 1.07. The minimum absolute atomic E-state index is 0. The first kappa shape index (κ1) is 14.5. The predicted molar refractivity (Wildman–Crippen MR) is 79.7 cm³/mol. The zero-order valence-electron chi connectivity index (χ0n) is 10.8. The fourth-order valence-electron chi connectivity index (χ4n) is 2.31. The molecule has 1 aliphatic rings. The van der Waals surface area contributed by atoms with Crippen LogP contribution in [0.25, 0.3) is 11.0 Å². The number of benzene rings is 1. The average Bonchev–Trinajstić information content (AvgIpc) is 2.64. The molecular weight excluding hydrogens is 282 g/mol. The van der Waals surface area contributed by atoms with Crippen LogP contribution in [0.1, 0.15) is 6.42 Å². The van der Waals surface area contributed by atoms with E-state index in [0.29, 0.717) is 5.52 Å². The quantitative estimate of drug-likeness (QED) is 0.650. The number of nitro groups is 1. The molecule has 20 heavy (non-hydrogen) atoms. The van der Waals surface area contributed by atoms with Crippen LogP contribution in [-0.2, 0) is 0 Å². The Morgan fingerprint density at radius 1 is 1.30 bits per heavy atom. The van der Waals surface area contributed by atoms with Crippen LogP contribution in [-0.4, -0.2) is 41.1 Å². The van der Waals surface area contributed by atoms with Crippen LogP contribution >= 0.6 is 12.4 Å². The molecule has 2 aromatic rings. The van der Waals surface area contributed by atoms with Crippen molar-refractivity contribution < 1.29 is 4.92 Å². The van der Waals surface area contributed by atoms with Crippen LogP contribution in [0.2, 0.25) is 0 Å². The molecule has 108 valence electrons. The molecule has 1 saturated heterocycles. The normalized spacial score (nSPS) is 15.7.